The van der Waals surface area contributed by atoms with Gasteiger partial charge in [0.15, 0.2) is 0 Å². The molecule has 4 rings (SSSR count). The SMILES string of the molecule is CCCc1c(OCCCOc2cc(O)c(-c3ccn[nH]3)cc2CC)cccc1Oc1ccccc1C(=O)O. The van der Waals surface area contributed by atoms with Crippen molar-refractivity contribution in [2.75, 3.05) is 13.2 Å². The highest BCUT2D eigenvalue weighted by atomic mass is 16.5. The molecule has 1 heterocycles. The first-order valence-corrected chi connectivity index (χ1v) is 12.7. The summed E-state index contributed by atoms with van der Waals surface area (Å²) in [6.45, 7) is 4.95. The fourth-order valence-corrected chi connectivity index (χ4v) is 4.19. The lowest BCUT2D eigenvalue weighted by molar-refractivity contribution is 0.0694. The Morgan fingerprint density at radius 3 is 2.37 bits per heavy atom. The number of carboxylic acids is 1. The molecule has 0 saturated heterocycles. The Balaban J connectivity index is 1.39. The van der Waals surface area contributed by atoms with Crippen molar-refractivity contribution in [3.8, 4) is 40.0 Å². The van der Waals surface area contributed by atoms with Crippen molar-refractivity contribution in [2.45, 2.75) is 39.5 Å². The normalized spacial score (nSPS) is 10.8. The van der Waals surface area contributed by atoms with Crippen LogP contribution in [0.5, 0.6) is 28.7 Å². The maximum absolute atomic E-state index is 11.6. The molecule has 198 valence electrons. The zero-order chi connectivity index (χ0) is 26.9. The van der Waals surface area contributed by atoms with Gasteiger partial charge in [0.1, 0.15) is 34.3 Å². The zero-order valence-corrected chi connectivity index (χ0v) is 21.6. The second-order valence-corrected chi connectivity index (χ2v) is 8.74. The van der Waals surface area contributed by atoms with Crippen molar-refractivity contribution in [1.82, 2.24) is 10.2 Å². The Bertz CT molecular complexity index is 1370. The molecule has 1 aromatic heterocycles. The number of phenolic OH excluding ortho intramolecular Hbond substituents is 1. The van der Waals surface area contributed by atoms with Crippen molar-refractivity contribution in [3.05, 3.63) is 83.6 Å². The Morgan fingerprint density at radius 2 is 1.66 bits per heavy atom. The molecule has 38 heavy (non-hydrogen) atoms. The summed E-state index contributed by atoms with van der Waals surface area (Å²) in [7, 11) is 0. The molecule has 0 aliphatic carbocycles. The van der Waals surface area contributed by atoms with Crippen molar-refractivity contribution >= 4 is 5.97 Å². The van der Waals surface area contributed by atoms with Crippen LogP contribution >= 0.6 is 0 Å². The summed E-state index contributed by atoms with van der Waals surface area (Å²) >= 11 is 0. The highest BCUT2D eigenvalue weighted by Gasteiger charge is 2.16. The van der Waals surface area contributed by atoms with Crippen molar-refractivity contribution in [3.63, 3.8) is 0 Å². The van der Waals surface area contributed by atoms with Crippen LogP contribution in [0.25, 0.3) is 11.3 Å². The van der Waals surface area contributed by atoms with Crippen molar-refractivity contribution in [2.24, 2.45) is 0 Å². The third-order valence-corrected chi connectivity index (χ3v) is 6.08. The average molecular weight is 517 g/mol. The number of carbonyl (C=O) groups is 1. The first-order valence-electron chi connectivity index (χ1n) is 12.7. The largest absolute Gasteiger partial charge is 0.507 e. The Kier molecular flexibility index (Phi) is 8.87. The zero-order valence-electron chi connectivity index (χ0n) is 21.6. The van der Waals surface area contributed by atoms with Gasteiger partial charge in [-0.3, -0.25) is 5.10 Å². The number of carboxylic acid groups (broad SMARTS) is 1. The standard InChI is InChI=1S/C30H32N2O6/c1-3-9-21-26(12-7-13-27(21)38-28-11-6-5-10-22(28)30(34)35)36-16-8-17-37-29-19-25(33)23(18-20(29)4-2)24-14-15-31-32-24/h5-7,10-15,18-19,33H,3-4,8-9,16-17H2,1-2H3,(H,31,32)(H,34,35). The van der Waals surface area contributed by atoms with Gasteiger partial charge in [0.2, 0.25) is 0 Å². The molecule has 0 aliphatic rings. The van der Waals surface area contributed by atoms with Gasteiger partial charge in [-0.1, -0.05) is 38.5 Å². The molecule has 3 N–H and O–H groups in total. The number of H-pyrrole nitrogens is 1. The highest BCUT2D eigenvalue weighted by Crippen LogP contribution is 2.36. The summed E-state index contributed by atoms with van der Waals surface area (Å²) in [5.74, 6) is 1.30. The van der Waals surface area contributed by atoms with Gasteiger partial charge in [-0.05, 0) is 54.8 Å². The number of nitrogens with one attached hydrogen (secondary N) is 1. The second kappa shape index (κ2) is 12.7. The van der Waals surface area contributed by atoms with E-state index in [4.69, 9.17) is 14.2 Å². The van der Waals surface area contributed by atoms with E-state index in [2.05, 4.69) is 17.1 Å². The van der Waals surface area contributed by atoms with E-state index in [0.29, 0.717) is 42.4 Å². The molecule has 0 spiro atoms. The highest BCUT2D eigenvalue weighted by molar-refractivity contribution is 5.91. The number of aromatic carboxylic acids is 1. The van der Waals surface area contributed by atoms with Gasteiger partial charge < -0.3 is 24.4 Å². The minimum Gasteiger partial charge on any atom is -0.507 e. The fraction of sp³-hybridized carbons (Fsp3) is 0.267. The van der Waals surface area contributed by atoms with E-state index < -0.39 is 5.97 Å². The summed E-state index contributed by atoms with van der Waals surface area (Å²) in [4.78, 5) is 11.6. The lowest BCUT2D eigenvalue weighted by atomic mass is 10.0. The molecule has 0 saturated carbocycles. The molecule has 0 fully saturated rings. The molecular weight excluding hydrogens is 484 g/mol. The van der Waals surface area contributed by atoms with E-state index in [9.17, 15) is 15.0 Å². The maximum atomic E-state index is 11.6. The minimum absolute atomic E-state index is 0.105. The lowest BCUT2D eigenvalue weighted by Crippen LogP contribution is -2.08. The number of aromatic hydroxyl groups is 1. The van der Waals surface area contributed by atoms with Crippen LogP contribution in [-0.4, -0.2) is 39.6 Å². The van der Waals surface area contributed by atoms with Crippen LogP contribution in [0.1, 0.15) is 48.2 Å². The van der Waals surface area contributed by atoms with Crippen LogP contribution in [0.3, 0.4) is 0 Å². The van der Waals surface area contributed by atoms with Crippen LogP contribution in [0.4, 0.5) is 0 Å². The van der Waals surface area contributed by atoms with E-state index in [0.717, 1.165) is 36.1 Å². The van der Waals surface area contributed by atoms with Gasteiger partial charge >= 0.3 is 5.97 Å². The number of para-hydroxylation sites is 1. The molecule has 0 aliphatic heterocycles. The van der Waals surface area contributed by atoms with Crippen LogP contribution in [0, 0.1) is 0 Å². The van der Waals surface area contributed by atoms with Gasteiger partial charge in [0.05, 0.1) is 18.9 Å². The van der Waals surface area contributed by atoms with Crippen LogP contribution in [0.2, 0.25) is 0 Å². The summed E-state index contributed by atoms with van der Waals surface area (Å²) in [6, 6.07) is 17.5. The van der Waals surface area contributed by atoms with E-state index in [1.54, 1.807) is 30.5 Å². The summed E-state index contributed by atoms with van der Waals surface area (Å²) < 4.78 is 18.1. The van der Waals surface area contributed by atoms with E-state index in [1.807, 2.05) is 37.3 Å². The Morgan fingerprint density at radius 1 is 0.921 bits per heavy atom. The molecule has 3 aromatic carbocycles. The van der Waals surface area contributed by atoms with Gasteiger partial charge in [0, 0.05) is 29.8 Å². The summed E-state index contributed by atoms with van der Waals surface area (Å²) in [5.41, 5.74) is 3.42. The smallest absolute Gasteiger partial charge is 0.339 e. The van der Waals surface area contributed by atoms with Gasteiger partial charge in [-0.2, -0.15) is 5.10 Å². The first-order chi connectivity index (χ1) is 18.5. The number of rotatable bonds is 13. The van der Waals surface area contributed by atoms with E-state index in [-0.39, 0.29) is 17.1 Å². The third kappa shape index (κ3) is 6.26. The maximum Gasteiger partial charge on any atom is 0.339 e. The number of nitrogens with zero attached hydrogens (tertiary/aromatic N) is 1. The molecule has 0 unspecified atom stereocenters. The van der Waals surface area contributed by atoms with E-state index >= 15 is 0 Å². The molecule has 4 aromatic rings. The molecule has 0 radical (unpaired) electrons. The number of hydrogen-bond acceptors (Lipinski definition) is 6. The number of aromatic amines is 1. The summed E-state index contributed by atoms with van der Waals surface area (Å²) in [6.07, 6.45) is 4.63. The number of aryl methyl sites for hydroxylation is 1. The number of ether oxygens (including phenoxy) is 3. The molecular formula is C30H32N2O6. The van der Waals surface area contributed by atoms with Gasteiger partial charge in [-0.25, -0.2) is 4.79 Å². The predicted octanol–water partition coefficient (Wildman–Crippen LogP) is 6.64. The quantitative estimate of drug-likeness (QED) is 0.171. The average Bonchev–Trinajstić information content (AvgIpc) is 3.45. The number of phenols is 1. The topological polar surface area (TPSA) is 114 Å². The van der Waals surface area contributed by atoms with Crippen molar-refractivity contribution < 1.29 is 29.2 Å². The monoisotopic (exact) mass is 516 g/mol. The van der Waals surface area contributed by atoms with Crippen LogP contribution in [0.15, 0.2) is 66.9 Å². The lowest BCUT2D eigenvalue weighted by Gasteiger charge is -2.17. The van der Waals surface area contributed by atoms with Crippen molar-refractivity contribution in [1.29, 1.82) is 0 Å². The minimum atomic E-state index is -1.04. The van der Waals surface area contributed by atoms with Crippen LogP contribution in [-0.2, 0) is 12.8 Å². The third-order valence-electron chi connectivity index (χ3n) is 6.08. The number of benzene rings is 3. The molecule has 0 amide bonds. The van der Waals surface area contributed by atoms with E-state index in [1.165, 1.54) is 6.07 Å². The fourth-order valence-electron chi connectivity index (χ4n) is 4.19. The first kappa shape index (κ1) is 26.6. The summed E-state index contributed by atoms with van der Waals surface area (Å²) in [5, 5.41) is 26.8. The molecule has 0 atom stereocenters. The predicted molar refractivity (Wildman–Crippen MR) is 145 cm³/mol. The molecule has 0 bridgehead atoms. The molecule has 8 heteroatoms. The molecule has 8 nitrogen and oxygen atoms in total. The van der Waals surface area contributed by atoms with Gasteiger partial charge in [-0.15, -0.1) is 0 Å². The number of aromatic nitrogens is 2. The van der Waals surface area contributed by atoms with Crippen LogP contribution < -0.4 is 14.2 Å². The Hall–Kier alpha value is -4.46. The Labute approximate surface area is 221 Å². The van der Waals surface area contributed by atoms with Gasteiger partial charge in [0.25, 0.3) is 0 Å². The second-order valence-electron chi connectivity index (χ2n) is 8.74. The number of hydrogen-bond donors (Lipinski definition) is 3.